The molecule has 2 rings (SSSR count). The van der Waals surface area contributed by atoms with Crippen LogP contribution in [-0.4, -0.2) is 36.7 Å². The molecular weight excluding hydrogens is 282 g/mol. The van der Waals surface area contributed by atoms with E-state index in [1.807, 2.05) is 0 Å². The normalized spacial score (nSPS) is 26.0. The van der Waals surface area contributed by atoms with E-state index in [4.69, 9.17) is 4.74 Å². The highest BCUT2D eigenvalue weighted by molar-refractivity contribution is 5.29. The van der Waals surface area contributed by atoms with Crippen molar-refractivity contribution in [1.82, 2.24) is 4.90 Å². The van der Waals surface area contributed by atoms with E-state index in [2.05, 4.69) is 77.6 Å². The smallest absolute Gasteiger partial charge is 0.0678 e. The van der Waals surface area contributed by atoms with E-state index < -0.39 is 0 Å². The third-order valence-electron chi connectivity index (χ3n) is 5.20. The van der Waals surface area contributed by atoms with Crippen LogP contribution in [0, 0.1) is 5.92 Å². The third-order valence-corrected chi connectivity index (χ3v) is 5.20. The van der Waals surface area contributed by atoms with Crippen molar-refractivity contribution in [2.75, 3.05) is 19.6 Å². The first kappa shape index (κ1) is 18.5. The molecule has 0 radical (unpaired) electrons. The van der Waals surface area contributed by atoms with Crippen molar-refractivity contribution >= 4 is 0 Å². The van der Waals surface area contributed by atoms with Gasteiger partial charge in [0, 0.05) is 19.6 Å². The second-order valence-electron chi connectivity index (χ2n) is 8.61. The van der Waals surface area contributed by atoms with E-state index in [9.17, 15) is 0 Å². The number of morpholine rings is 1. The average Bonchev–Trinajstić information content (AvgIpc) is 2.44. The van der Waals surface area contributed by atoms with Crippen molar-refractivity contribution in [3.05, 3.63) is 35.4 Å². The summed E-state index contributed by atoms with van der Waals surface area (Å²) in [6.45, 7) is 19.2. The van der Waals surface area contributed by atoms with Crippen LogP contribution in [0.3, 0.4) is 0 Å². The highest BCUT2D eigenvalue weighted by Crippen LogP contribution is 2.29. The molecule has 0 aromatic heterocycles. The zero-order valence-corrected chi connectivity index (χ0v) is 16.1. The highest BCUT2D eigenvalue weighted by atomic mass is 16.5. The van der Waals surface area contributed by atoms with Gasteiger partial charge in [0.1, 0.15) is 0 Å². The Morgan fingerprint density at radius 2 is 1.57 bits per heavy atom. The first-order chi connectivity index (χ1) is 10.7. The Balaban J connectivity index is 1.97. The molecular formula is C21H35NO. The second kappa shape index (κ2) is 7.36. The molecule has 2 nitrogen and oxygen atoms in total. The molecule has 1 aliphatic rings. The van der Waals surface area contributed by atoms with Gasteiger partial charge in [0.25, 0.3) is 0 Å². The summed E-state index contributed by atoms with van der Waals surface area (Å²) in [6.07, 6.45) is 0.708. The molecule has 0 N–H and O–H groups in total. The fraction of sp³-hybridized carbons (Fsp3) is 0.714. The molecule has 1 aromatic rings. The van der Waals surface area contributed by atoms with Crippen LogP contribution < -0.4 is 0 Å². The fourth-order valence-corrected chi connectivity index (χ4v) is 3.61. The van der Waals surface area contributed by atoms with Crippen LogP contribution >= 0.6 is 0 Å². The van der Waals surface area contributed by atoms with Gasteiger partial charge in [0.05, 0.1) is 12.2 Å². The average molecular weight is 318 g/mol. The summed E-state index contributed by atoms with van der Waals surface area (Å²) in [7, 11) is 0. The molecule has 1 heterocycles. The van der Waals surface area contributed by atoms with Gasteiger partial charge in [0.2, 0.25) is 0 Å². The monoisotopic (exact) mass is 317 g/mol. The van der Waals surface area contributed by atoms with Crippen molar-refractivity contribution in [1.29, 1.82) is 0 Å². The molecule has 4 atom stereocenters. The number of benzene rings is 1. The van der Waals surface area contributed by atoms with E-state index >= 15 is 0 Å². The number of ether oxygens (including phenoxy) is 1. The molecule has 0 bridgehead atoms. The predicted octanol–water partition coefficient (Wildman–Crippen LogP) is 4.83. The van der Waals surface area contributed by atoms with Crippen LogP contribution in [0.4, 0.5) is 0 Å². The maximum Gasteiger partial charge on any atom is 0.0678 e. The first-order valence-corrected chi connectivity index (χ1v) is 9.15. The number of hydrogen-bond donors (Lipinski definition) is 0. The topological polar surface area (TPSA) is 12.5 Å². The molecule has 1 aromatic carbocycles. The molecule has 23 heavy (non-hydrogen) atoms. The lowest BCUT2D eigenvalue weighted by molar-refractivity contribution is -0.0715. The summed E-state index contributed by atoms with van der Waals surface area (Å²) >= 11 is 0. The van der Waals surface area contributed by atoms with Crippen LogP contribution in [0.1, 0.15) is 65.5 Å². The Kier molecular flexibility index (Phi) is 5.91. The van der Waals surface area contributed by atoms with Crippen LogP contribution in [-0.2, 0) is 10.2 Å². The minimum atomic E-state index is 0.230. The van der Waals surface area contributed by atoms with E-state index in [-0.39, 0.29) is 5.41 Å². The predicted molar refractivity (Wildman–Crippen MR) is 99.2 cm³/mol. The Hall–Kier alpha value is -0.860. The van der Waals surface area contributed by atoms with Gasteiger partial charge in [-0.25, -0.2) is 0 Å². The summed E-state index contributed by atoms with van der Waals surface area (Å²) in [4.78, 5) is 2.57. The number of nitrogens with zero attached hydrogens (tertiary/aromatic N) is 1. The Morgan fingerprint density at radius 3 is 2.04 bits per heavy atom. The fourth-order valence-electron chi connectivity index (χ4n) is 3.61. The minimum absolute atomic E-state index is 0.230. The summed E-state index contributed by atoms with van der Waals surface area (Å²) in [5, 5.41) is 0. The van der Waals surface area contributed by atoms with Crippen molar-refractivity contribution in [2.45, 2.75) is 72.0 Å². The molecule has 4 unspecified atom stereocenters. The van der Waals surface area contributed by atoms with E-state index in [1.165, 1.54) is 11.1 Å². The van der Waals surface area contributed by atoms with Gasteiger partial charge in [-0.1, -0.05) is 58.9 Å². The summed E-state index contributed by atoms with van der Waals surface area (Å²) in [5.74, 6) is 1.23. The highest BCUT2D eigenvalue weighted by Gasteiger charge is 2.25. The van der Waals surface area contributed by atoms with Gasteiger partial charge in [0.15, 0.2) is 0 Å². The Bertz CT molecular complexity index is 478. The molecule has 0 spiro atoms. The van der Waals surface area contributed by atoms with Gasteiger partial charge in [-0.3, -0.25) is 4.90 Å². The largest absolute Gasteiger partial charge is 0.373 e. The second-order valence-corrected chi connectivity index (χ2v) is 8.61. The van der Waals surface area contributed by atoms with Crippen molar-refractivity contribution in [2.24, 2.45) is 5.92 Å². The van der Waals surface area contributed by atoms with E-state index in [1.54, 1.807) is 0 Å². The van der Waals surface area contributed by atoms with Gasteiger partial charge in [-0.2, -0.15) is 0 Å². The van der Waals surface area contributed by atoms with Crippen molar-refractivity contribution < 1.29 is 4.74 Å². The molecule has 130 valence electrons. The standard InChI is InChI=1S/C21H35NO/c1-15(12-22-13-16(2)23-17(3)14-22)18(4)19-8-10-20(11-9-19)21(5,6)7/h8-11,15-18H,12-14H2,1-7H3. The van der Waals surface area contributed by atoms with Crippen LogP contribution in [0.25, 0.3) is 0 Å². The number of hydrogen-bond acceptors (Lipinski definition) is 2. The van der Waals surface area contributed by atoms with Crippen LogP contribution in [0.5, 0.6) is 0 Å². The van der Waals surface area contributed by atoms with Gasteiger partial charge in [-0.15, -0.1) is 0 Å². The lowest BCUT2D eigenvalue weighted by Gasteiger charge is -2.37. The molecule has 0 saturated carbocycles. The molecule has 1 saturated heterocycles. The van der Waals surface area contributed by atoms with Crippen molar-refractivity contribution in [3.8, 4) is 0 Å². The molecule has 2 heteroatoms. The SMILES string of the molecule is CC1CN(CC(C)C(C)c2ccc(C(C)(C)C)cc2)CC(C)O1. The van der Waals surface area contributed by atoms with E-state index in [0.717, 1.165) is 19.6 Å². The Morgan fingerprint density at radius 1 is 1.04 bits per heavy atom. The first-order valence-electron chi connectivity index (χ1n) is 9.15. The maximum absolute atomic E-state index is 5.85. The summed E-state index contributed by atoms with van der Waals surface area (Å²) in [5.41, 5.74) is 3.10. The Labute approximate surface area is 143 Å². The quantitative estimate of drug-likeness (QED) is 0.788. The zero-order valence-electron chi connectivity index (χ0n) is 16.1. The third kappa shape index (κ3) is 5.06. The zero-order chi connectivity index (χ0) is 17.2. The van der Waals surface area contributed by atoms with Crippen molar-refractivity contribution in [3.63, 3.8) is 0 Å². The molecule has 1 fully saturated rings. The summed E-state index contributed by atoms with van der Waals surface area (Å²) < 4.78 is 5.85. The maximum atomic E-state index is 5.85. The molecule has 0 amide bonds. The lowest BCUT2D eigenvalue weighted by Crippen LogP contribution is -2.47. The number of rotatable bonds is 4. The molecule has 1 aliphatic heterocycles. The summed E-state index contributed by atoms with van der Waals surface area (Å²) in [6, 6.07) is 9.26. The van der Waals surface area contributed by atoms with Gasteiger partial charge in [-0.05, 0) is 42.2 Å². The van der Waals surface area contributed by atoms with Gasteiger partial charge < -0.3 is 4.74 Å². The molecule has 0 aliphatic carbocycles. The van der Waals surface area contributed by atoms with E-state index in [0.29, 0.717) is 24.0 Å². The minimum Gasteiger partial charge on any atom is -0.373 e. The van der Waals surface area contributed by atoms with Crippen LogP contribution in [0.2, 0.25) is 0 Å². The van der Waals surface area contributed by atoms with Gasteiger partial charge >= 0.3 is 0 Å². The lowest BCUT2D eigenvalue weighted by atomic mass is 9.83. The van der Waals surface area contributed by atoms with Crippen LogP contribution in [0.15, 0.2) is 24.3 Å².